The maximum absolute atomic E-state index is 11.1. The molecule has 1 heterocycles. The van der Waals surface area contributed by atoms with Crippen molar-refractivity contribution in [3.05, 3.63) is 5.56 Å². The Kier molecular flexibility index (Phi) is 4.51. The lowest BCUT2D eigenvalue weighted by atomic mass is 10.2. The Labute approximate surface area is 97.8 Å². The Morgan fingerprint density at radius 3 is 2.94 bits per heavy atom. The molecule has 7 heteroatoms. The smallest absolute Gasteiger partial charge is 0.255 e. The lowest BCUT2D eigenvalue weighted by molar-refractivity contribution is 0.100. The van der Waals surface area contributed by atoms with Gasteiger partial charge in [0.1, 0.15) is 10.6 Å². The van der Waals surface area contributed by atoms with Crippen LogP contribution in [0, 0.1) is 0 Å². The highest BCUT2D eigenvalue weighted by molar-refractivity contribution is 7.11. The number of nitrogens with one attached hydrogen (secondary N) is 1. The first-order valence-electron chi connectivity index (χ1n) is 4.99. The van der Waals surface area contributed by atoms with Crippen molar-refractivity contribution in [2.75, 3.05) is 17.6 Å². The summed E-state index contributed by atoms with van der Waals surface area (Å²) < 4.78 is 3.86. The van der Waals surface area contributed by atoms with Gasteiger partial charge in [0, 0.05) is 6.54 Å². The quantitative estimate of drug-likeness (QED) is 0.541. The molecule has 0 aliphatic carbocycles. The number of aliphatic hydroxyl groups is 1. The van der Waals surface area contributed by atoms with Gasteiger partial charge >= 0.3 is 0 Å². The zero-order valence-corrected chi connectivity index (χ0v) is 9.88. The van der Waals surface area contributed by atoms with Crippen LogP contribution in [0.15, 0.2) is 0 Å². The molecule has 0 radical (unpaired) electrons. The van der Waals surface area contributed by atoms with E-state index in [9.17, 15) is 4.79 Å². The van der Waals surface area contributed by atoms with Crippen molar-refractivity contribution in [1.82, 2.24) is 4.37 Å². The van der Waals surface area contributed by atoms with Crippen molar-refractivity contribution in [3.63, 3.8) is 0 Å². The topological polar surface area (TPSA) is 114 Å². The summed E-state index contributed by atoms with van der Waals surface area (Å²) in [5, 5.41) is 12.7. The Hall–Kier alpha value is -1.34. The number of primary amides is 1. The van der Waals surface area contributed by atoms with Crippen LogP contribution >= 0.6 is 11.5 Å². The number of anilines is 2. The highest BCUT2D eigenvalue weighted by Gasteiger charge is 2.15. The minimum atomic E-state index is -0.579. The third-order valence-electron chi connectivity index (χ3n) is 2.05. The van der Waals surface area contributed by atoms with Gasteiger partial charge in [-0.2, -0.15) is 4.37 Å². The van der Waals surface area contributed by atoms with E-state index in [1.807, 2.05) is 0 Å². The molecule has 1 amide bonds. The maximum Gasteiger partial charge on any atom is 0.255 e. The highest BCUT2D eigenvalue weighted by Crippen LogP contribution is 2.25. The fourth-order valence-corrected chi connectivity index (χ4v) is 2.00. The van der Waals surface area contributed by atoms with Gasteiger partial charge in [0.25, 0.3) is 5.91 Å². The van der Waals surface area contributed by atoms with E-state index >= 15 is 0 Å². The summed E-state index contributed by atoms with van der Waals surface area (Å²) in [4.78, 5) is 11.1. The number of carbonyl (C=O) groups is 1. The lowest BCUT2D eigenvalue weighted by Gasteiger charge is -2.06. The third-order valence-corrected chi connectivity index (χ3v) is 2.87. The summed E-state index contributed by atoms with van der Waals surface area (Å²) in [6.07, 6.45) is 1.19. The molecule has 0 spiro atoms. The van der Waals surface area contributed by atoms with Crippen molar-refractivity contribution in [1.29, 1.82) is 0 Å². The molecule has 6 nitrogen and oxygen atoms in total. The molecular weight excluding hydrogens is 228 g/mol. The van der Waals surface area contributed by atoms with Gasteiger partial charge in [-0.1, -0.05) is 0 Å². The van der Waals surface area contributed by atoms with E-state index in [2.05, 4.69) is 9.69 Å². The second kappa shape index (κ2) is 5.66. The molecule has 0 aliphatic rings. The van der Waals surface area contributed by atoms with Gasteiger partial charge in [-0.25, -0.2) is 0 Å². The summed E-state index contributed by atoms with van der Waals surface area (Å²) in [6.45, 7) is 2.38. The van der Waals surface area contributed by atoms with Crippen LogP contribution in [0.25, 0.3) is 0 Å². The van der Waals surface area contributed by atoms with Gasteiger partial charge in [-0.15, -0.1) is 0 Å². The third kappa shape index (κ3) is 3.35. The van der Waals surface area contributed by atoms with E-state index in [0.29, 0.717) is 18.0 Å². The van der Waals surface area contributed by atoms with E-state index in [1.54, 1.807) is 6.92 Å². The minimum Gasteiger partial charge on any atom is -0.393 e. The maximum atomic E-state index is 11.1. The predicted octanol–water partition coefficient (Wildman–Crippen LogP) is 0.397. The van der Waals surface area contributed by atoms with Gasteiger partial charge in [-0.3, -0.25) is 4.79 Å². The summed E-state index contributed by atoms with van der Waals surface area (Å²) in [6, 6.07) is 0. The van der Waals surface area contributed by atoms with Gasteiger partial charge < -0.3 is 21.9 Å². The average molecular weight is 244 g/mol. The molecule has 1 aromatic rings. The number of nitrogen functional groups attached to an aromatic ring is 1. The van der Waals surface area contributed by atoms with Crippen LogP contribution < -0.4 is 16.8 Å². The van der Waals surface area contributed by atoms with E-state index in [-0.39, 0.29) is 17.5 Å². The highest BCUT2D eigenvalue weighted by atomic mass is 32.1. The fourth-order valence-electron chi connectivity index (χ4n) is 1.26. The number of amides is 1. The van der Waals surface area contributed by atoms with E-state index in [1.165, 1.54) is 0 Å². The Bertz CT molecular complexity index is 364. The first-order valence-corrected chi connectivity index (χ1v) is 5.76. The molecule has 1 rings (SSSR count). The normalized spacial score (nSPS) is 12.4. The second-order valence-electron chi connectivity index (χ2n) is 3.55. The van der Waals surface area contributed by atoms with Crippen LogP contribution in [0.4, 0.5) is 10.8 Å². The number of aromatic nitrogens is 1. The minimum absolute atomic E-state index is 0.163. The molecule has 0 bridgehead atoms. The van der Waals surface area contributed by atoms with Gasteiger partial charge in [0.05, 0.1) is 6.10 Å². The number of hydrogen-bond acceptors (Lipinski definition) is 6. The molecular formula is C9H16N4O2S. The molecule has 0 aromatic carbocycles. The second-order valence-corrected chi connectivity index (χ2v) is 4.33. The molecule has 0 fully saturated rings. The molecule has 16 heavy (non-hydrogen) atoms. The van der Waals surface area contributed by atoms with Gasteiger partial charge in [0.2, 0.25) is 0 Å². The van der Waals surface area contributed by atoms with Crippen molar-refractivity contribution in [3.8, 4) is 0 Å². The van der Waals surface area contributed by atoms with Crippen molar-refractivity contribution in [2.45, 2.75) is 25.9 Å². The molecule has 6 N–H and O–H groups in total. The summed E-state index contributed by atoms with van der Waals surface area (Å²) in [5.41, 5.74) is 10.9. The zero-order valence-electron chi connectivity index (χ0n) is 9.06. The number of carbonyl (C=O) groups excluding carboxylic acids is 1. The largest absolute Gasteiger partial charge is 0.393 e. The van der Waals surface area contributed by atoms with Crippen LogP contribution in [-0.2, 0) is 0 Å². The van der Waals surface area contributed by atoms with Crippen molar-refractivity contribution < 1.29 is 9.90 Å². The summed E-state index contributed by atoms with van der Waals surface area (Å²) >= 11 is 1.11. The predicted molar refractivity (Wildman–Crippen MR) is 64.4 cm³/mol. The lowest BCUT2D eigenvalue weighted by Crippen LogP contribution is -2.15. The van der Waals surface area contributed by atoms with Gasteiger partial charge in [0.15, 0.2) is 5.82 Å². The van der Waals surface area contributed by atoms with Crippen molar-refractivity contribution in [2.24, 2.45) is 5.73 Å². The van der Waals surface area contributed by atoms with Crippen LogP contribution in [0.3, 0.4) is 0 Å². The molecule has 1 unspecified atom stereocenters. The van der Waals surface area contributed by atoms with Crippen molar-refractivity contribution >= 4 is 28.3 Å². The monoisotopic (exact) mass is 244 g/mol. The molecule has 0 saturated heterocycles. The van der Waals surface area contributed by atoms with Crippen LogP contribution in [0.2, 0.25) is 0 Å². The summed E-state index contributed by atoms with van der Waals surface area (Å²) in [7, 11) is 0. The first-order chi connectivity index (χ1) is 7.52. The Morgan fingerprint density at radius 1 is 1.69 bits per heavy atom. The fraction of sp³-hybridized carbons (Fsp3) is 0.556. The number of nitrogens with zero attached hydrogens (tertiary/aromatic N) is 1. The number of aliphatic hydroxyl groups excluding tert-OH is 1. The molecule has 0 aliphatic heterocycles. The SMILES string of the molecule is CC(O)CCCNc1snc(N)c1C(N)=O. The Morgan fingerprint density at radius 2 is 2.38 bits per heavy atom. The van der Waals surface area contributed by atoms with Crippen LogP contribution in [-0.4, -0.2) is 28.0 Å². The number of hydrogen-bond donors (Lipinski definition) is 4. The molecule has 90 valence electrons. The Balaban J connectivity index is 2.51. The van der Waals surface area contributed by atoms with Crippen LogP contribution in [0.5, 0.6) is 0 Å². The molecule has 1 aromatic heterocycles. The summed E-state index contributed by atoms with van der Waals surface area (Å²) in [5.74, 6) is -0.417. The average Bonchev–Trinajstić information content (AvgIpc) is 2.54. The molecule has 0 saturated carbocycles. The number of nitrogens with two attached hydrogens (primary N) is 2. The standard InChI is InChI=1S/C9H16N4O2S/c1-5(14)3-2-4-12-9-6(8(11)15)7(10)13-16-9/h5,12,14H,2-4H2,1H3,(H2,10,13)(H2,11,15). The molecule has 1 atom stereocenters. The van der Waals surface area contributed by atoms with E-state index in [4.69, 9.17) is 16.6 Å². The zero-order chi connectivity index (χ0) is 12.1. The van der Waals surface area contributed by atoms with E-state index in [0.717, 1.165) is 18.0 Å². The van der Waals surface area contributed by atoms with Gasteiger partial charge in [-0.05, 0) is 31.3 Å². The first kappa shape index (κ1) is 12.7. The van der Waals surface area contributed by atoms with E-state index < -0.39 is 5.91 Å². The number of rotatable bonds is 6. The van der Waals surface area contributed by atoms with Crippen LogP contribution in [0.1, 0.15) is 30.1 Å².